The van der Waals surface area contributed by atoms with E-state index in [1.54, 1.807) is 0 Å². The van der Waals surface area contributed by atoms with Crippen LogP contribution in [0.25, 0.3) is 11.3 Å². The minimum Gasteiger partial charge on any atom is -0.406 e. The third-order valence-electron chi connectivity index (χ3n) is 4.65. The lowest BCUT2D eigenvalue weighted by molar-refractivity contribution is -0.274. The molecule has 3 aromatic rings. The van der Waals surface area contributed by atoms with Crippen molar-refractivity contribution in [2.75, 3.05) is 23.3 Å². The van der Waals surface area contributed by atoms with Gasteiger partial charge in [0.15, 0.2) is 0 Å². The standard InChI is InChI=1S/C21H17F3N4O2/c22-21(23,24)30-17-8-6-16(7-9-17)27-20(29)15-11-28(12-15)19-10-18(25-13-26-19)14-4-2-1-3-5-14/h1-10,13,15H,11-12H2,(H,27,29). The fourth-order valence-corrected chi connectivity index (χ4v) is 3.10. The smallest absolute Gasteiger partial charge is 0.406 e. The van der Waals surface area contributed by atoms with E-state index in [1.807, 2.05) is 41.3 Å². The predicted molar refractivity (Wildman–Crippen MR) is 105 cm³/mol. The van der Waals surface area contributed by atoms with Crippen LogP contribution in [-0.2, 0) is 4.79 Å². The van der Waals surface area contributed by atoms with Crippen molar-refractivity contribution < 1.29 is 22.7 Å². The summed E-state index contributed by atoms with van der Waals surface area (Å²) in [6, 6.07) is 16.6. The highest BCUT2D eigenvalue weighted by molar-refractivity contribution is 5.94. The van der Waals surface area contributed by atoms with Gasteiger partial charge < -0.3 is 15.0 Å². The third kappa shape index (κ3) is 4.68. The van der Waals surface area contributed by atoms with Crippen molar-refractivity contribution in [2.45, 2.75) is 6.36 Å². The van der Waals surface area contributed by atoms with Crippen molar-refractivity contribution in [3.8, 4) is 17.0 Å². The van der Waals surface area contributed by atoms with Gasteiger partial charge in [0.25, 0.3) is 0 Å². The van der Waals surface area contributed by atoms with E-state index >= 15 is 0 Å². The van der Waals surface area contributed by atoms with Crippen LogP contribution in [0.4, 0.5) is 24.7 Å². The van der Waals surface area contributed by atoms with Crippen LogP contribution in [0.5, 0.6) is 5.75 Å². The van der Waals surface area contributed by atoms with Crippen LogP contribution >= 0.6 is 0 Å². The summed E-state index contributed by atoms with van der Waals surface area (Å²) < 4.78 is 40.4. The first kappa shape index (κ1) is 19.7. The second kappa shape index (κ2) is 8.02. The van der Waals surface area contributed by atoms with Crippen molar-refractivity contribution in [3.63, 3.8) is 0 Å². The summed E-state index contributed by atoms with van der Waals surface area (Å²) in [5.74, 6) is -0.0471. The molecule has 1 N–H and O–H groups in total. The first-order valence-electron chi connectivity index (χ1n) is 9.16. The van der Waals surface area contributed by atoms with Crippen molar-refractivity contribution in [1.29, 1.82) is 0 Å². The maximum atomic E-state index is 12.4. The van der Waals surface area contributed by atoms with Crippen LogP contribution in [0.15, 0.2) is 67.0 Å². The number of aromatic nitrogens is 2. The van der Waals surface area contributed by atoms with Gasteiger partial charge in [0.1, 0.15) is 17.9 Å². The van der Waals surface area contributed by atoms with Gasteiger partial charge in [-0.3, -0.25) is 4.79 Å². The average molecular weight is 414 g/mol. The van der Waals surface area contributed by atoms with E-state index < -0.39 is 6.36 Å². The van der Waals surface area contributed by atoms with E-state index in [0.717, 1.165) is 29.2 Å². The Labute approximate surface area is 170 Å². The third-order valence-corrected chi connectivity index (χ3v) is 4.65. The second-order valence-electron chi connectivity index (χ2n) is 6.79. The number of carbonyl (C=O) groups is 1. The topological polar surface area (TPSA) is 67.3 Å². The fraction of sp³-hybridized carbons (Fsp3) is 0.190. The van der Waals surface area contributed by atoms with E-state index in [4.69, 9.17) is 0 Å². The van der Waals surface area contributed by atoms with Crippen molar-refractivity contribution >= 4 is 17.4 Å². The quantitative estimate of drug-likeness (QED) is 0.681. The van der Waals surface area contributed by atoms with Gasteiger partial charge in [-0.05, 0) is 24.3 Å². The Balaban J connectivity index is 1.33. The molecule has 154 valence electrons. The van der Waals surface area contributed by atoms with Gasteiger partial charge in [-0.2, -0.15) is 0 Å². The molecule has 0 bridgehead atoms. The molecule has 1 amide bonds. The Kier molecular flexibility index (Phi) is 5.26. The normalized spacial score (nSPS) is 14.2. The summed E-state index contributed by atoms with van der Waals surface area (Å²) in [6.45, 7) is 0.985. The highest BCUT2D eigenvalue weighted by atomic mass is 19.4. The van der Waals surface area contributed by atoms with Gasteiger partial charge in [-0.25, -0.2) is 9.97 Å². The zero-order valence-corrected chi connectivity index (χ0v) is 15.6. The Morgan fingerprint density at radius 2 is 1.73 bits per heavy atom. The average Bonchev–Trinajstić information content (AvgIpc) is 2.68. The molecule has 1 saturated heterocycles. The van der Waals surface area contributed by atoms with Gasteiger partial charge in [0.05, 0.1) is 11.6 Å². The maximum Gasteiger partial charge on any atom is 0.573 e. The van der Waals surface area contributed by atoms with Crippen LogP contribution in [0.2, 0.25) is 0 Å². The molecule has 0 unspecified atom stereocenters. The van der Waals surface area contributed by atoms with Crippen molar-refractivity contribution in [2.24, 2.45) is 5.92 Å². The Morgan fingerprint density at radius 3 is 2.40 bits per heavy atom. The minimum absolute atomic E-state index is 0.201. The molecular weight excluding hydrogens is 397 g/mol. The highest BCUT2D eigenvalue weighted by Gasteiger charge is 2.34. The number of benzene rings is 2. The summed E-state index contributed by atoms with van der Waals surface area (Å²) in [7, 11) is 0. The first-order valence-corrected chi connectivity index (χ1v) is 9.16. The molecule has 2 heterocycles. The lowest BCUT2D eigenvalue weighted by Crippen LogP contribution is -2.52. The number of anilines is 2. The lowest BCUT2D eigenvalue weighted by Gasteiger charge is -2.39. The molecule has 1 fully saturated rings. The number of amides is 1. The molecular formula is C21H17F3N4O2. The Bertz CT molecular complexity index is 1020. The number of nitrogens with one attached hydrogen (secondary N) is 1. The molecule has 0 radical (unpaired) electrons. The van der Waals surface area contributed by atoms with Crippen LogP contribution in [-0.4, -0.2) is 35.3 Å². The molecule has 9 heteroatoms. The van der Waals surface area contributed by atoms with E-state index in [-0.39, 0.29) is 17.6 Å². The zero-order valence-electron chi connectivity index (χ0n) is 15.6. The molecule has 0 atom stereocenters. The Morgan fingerprint density at radius 1 is 1.03 bits per heavy atom. The number of hydrogen-bond acceptors (Lipinski definition) is 5. The molecule has 2 aromatic carbocycles. The first-order chi connectivity index (χ1) is 14.4. The molecule has 0 spiro atoms. The number of hydrogen-bond donors (Lipinski definition) is 1. The van der Waals surface area contributed by atoms with Crippen molar-refractivity contribution in [3.05, 3.63) is 67.0 Å². The second-order valence-corrected chi connectivity index (χ2v) is 6.79. The molecule has 4 rings (SSSR count). The van der Waals surface area contributed by atoms with Gasteiger partial charge in [-0.1, -0.05) is 30.3 Å². The van der Waals surface area contributed by atoms with Gasteiger partial charge in [0.2, 0.25) is 5.91 Å². The number of halogens is 3. The minimum atomic E-state index is -4.75. The molecule has 1 aromatic heterocycles. The zero-order chi connectivity index (χ0) is 21.1. The number of carbonyl (C=O) groups excluding carboxylic acids is 1. The van der Waals surface area contributed by atoms with E-state index in [0.29, 0.717) is 18.8 Å². The molecule has 6 nitrogen and oxygen atoms in total. The molecule has 1 aliphatic heterocycles. The predicted octanol–water partition coefficient (Wildman–Crippen LogP) is 4.12. The Hall–Kier alpha value is -3.62. The molecule has 0 aliphatic carbocycles. The van der Waals surface area contributed by atoms with E-state index in [1.165, 1.54) is 18.5 Å². The maximum absolute atomic E-state index is 12.4. The summed E-state index contributed by atoms with van der Waals surface area (Å²) >= 11 is 0. The molecule has 0 saturated carbocycles. The van der Waals surface area contributed by atoms with E-state index in [2.05, 4.69) is 20.0 Å². The summed E-state index contributed by atoms with van der Waals surface area (Å²) in [5, 5.41) is 2.71. The summed E-state index contributed by atoms with van der Waals surface area (Å²) in [5.41, 5.74) is 2.19. The SMILES string of the molecule is O=C(Nc1ccc(OC(F)(F)F)cc1)C1CN(c2cc(-c3ccccc3)ncn2)C1. The highest BCUT2D eigenvalue weighted by Crippen LogP contribution is 2.28. The van der Waals surface area contributed by atoms with Gasteiger partial charge in [-0.15, -0.1) is 13.2 Å². The fourth-order valence-electron chi connectivity index (χ4n) is 3.10. The summed E-state index contributed by atoms with van der Waals surface area (Å²) in [6.07, 6.45) is -3.25. The number of nitrogens with zero attached hydrogens (tertiary/aromatic N) is 3. The molecule has 30 heavy (non-hydrogen) atoms. The molecule has 1 aliphatic rings. The summed E-state index contributed by atoms with van der Waals surface area (Å²) in [4.78, 5) is 22.9. The largest absolute Gasteiger partial charge is 0.573 e. The number of alkyl halides is 3. The van der Waals surface area contributed by atoms with Crippen LogP contribution < -0.4 is 15.0 Å². The van der Waals surface area contributed by atoms with Gasteiger partial charge >= 0.3 is 6.36 Å². The lowest BCUT2D eigenvalue weighted by atomic mass is 9.99. The van der Waals surface area contributed by atoms with Crippen LogP contribution in [0.3, 0.4) is 0 Å². The number of ether oxygens (including phenoxy) is 1. The van der Waals surface area contributed by atoms with E-state index in [9.17, 15) is 18.0 Å². The van der Waals surface area contributed by atoms with Crippen molar-refractivity contribution in [1.82, 2.24) is 9.97 Å². The number of rotatable bonds is 5. The van der Waals surface area contributed by atoms with Crippen LogP contribution in [0, 0.1) is 5.92 Å². The monoisotopic (exact) mass is 414 g/mol. The van der Waals surface area contributed by atoms with Crippen LogP contribution in [0.1, 0.15) is 0 Å². The van der Waals surface area contributed by atoms with Gasteiger partial charge in [0, 0.05) is 30.4 Å².